The second-order valence-electron chi connectivity index (χ2n) is 2.64. The highest BCUT2D eigenvalue weighted by molar-refractivity contribution is 5.96. The van der Waals surface area contributed by atoms with Gasteiger partial charge in [-0.1, -0.05) is 36.3 Å². The van der Waals surface area contributed by atoms with Crippen molar-refractivity contribution in [1.29, 1.82) is 0 Å². The third kappa shape index (κ3) is 2.40. The first kappa shape index (κ1) is 9.45. The number of rotatable bonds is 3. The van der Waals surface area contributed by atoms with Gasteiger partial charge in [0.2, 0.25) is 0 Å². The molecule has 0 amide bonds. The molecule has 0 bridgehead atoms. The summed E-state index contributed by atoms with van der Waals surface area (Å²) in [5.74, 6) is 0.118. The second kappa shape index (κ2) is 4.40. The molecule has 13 heavy (non-hydrogen) atoms. The van der Waals surface area contributed by atoms with E-state index in [2.05, 4.69) is 5.16 Å². The largest absolute Gasteiger partial charge is 0.411 e. The van der Waals surface area contributed by atoms with Crippen LogP contribution >= 0.6 is 0 Å². The van der Waals surface area contributed by atoms with Crippen LogP contribution in [-0.2, 0) is 0 Å². The summed E-state index contributed by atoms with van der Waals surface area (Å²) in [6.45, 7) is 1.82. The lowest BCUT2D eigenvalue weighted by molar-refractivity contribution is 0.0988. The molecular weight excluding hydrogens is 166 g/mol. The van der Waals surface area contributed by atoms with Gasteiger partial charge in [0, 0.05) is 12.0 Å². The Bertz CT molecular complexity index is 314. The number of ketones is 1. The molecule has 68 valence electrons. The molecule has 3 heteroatoms. The number of carbonyl (C=O) groups is 1. The van der Waals surface area contributed by atoms with Crippen molar-refractivity contribution in [3.8, 4) is 0 Å². The Morgan fingerprint density at radius 3 is 2.54 bits per heavy atom. The van der Waals surface area contributed by atoms with Crippen LogP contribution in [0.5, 0.6) is 0 Å². The number of hydrogen-bond acceptors (Lipinski definition) is 3. The summed E-state index contributed by atoms with van der Waals surface area (Å²) in [4.78, 5) is 11.2. The average molecular weight is 177 g/mol. The van der Waals surface area contributed by atoms with Gasteiger partial charge in [0.1, 0.15) is 0 Å². The molecule has 0 aromatic heterocycles. The lowest BCUT2D eigenvalue weighted by Gasteiger charge is -1.97. The topological polar surface area (TPSA) is 49.7 Å². The maximum atomic E-state index is 11.2. The van der Waals surface area contributed by atoms with E-state index in [1.807, 2.05) is 6.92 Å². The Morgan fingerprint density at radius 2 is 2.08 bits per heavy atom. The first-order valence-electron chi connectivity index (χ1n) is 4.08. The number of nitrogens with zero attached hydrogens (tertiary/aromatic N) is 1. The zero-order valence-corrected chi connectivity index (χ0v) is 7.40. The van der Waals surface area contributed by atoms with Gasteiger partial charge in [0.05, 0.1) is 6.21 Å². The van der Waals surface area contributed by atoms with Gasteiger partial charge in [-0.2, -0.15) is 0 Å². The minimum atomic E-state index is 0.118. The maximum Gasteiger partial charge on any atom is 0.162 e. The Labute approximate surface area is 76.7 Å². The van der Waals surface area contributed by atoms with E-state index in [-0.39, 0.29) is 5.78 Å². The van der Waals surface area contributed by atoms with Crippen molar-refractivity contribution in [3.05, 3.63) is 35.4 Å². The molecule has 0 spiro atoms. The maximum absolute atomic E-state index is 11.2. The van der Waals surface area contributed by atoms with Crippen molar-refractivity contribution in [2.75, 3.05) is 0 Å². The van der Waals surface area contributed by atoms with E-state index in [0.29, 0.717) is 12.0 Å². The van der Waals surface area contributed by atoms with E-state index in [1.165, 1.54) is 6.21 Å². The number of oxime groups is 1. The summed E-state index contributed by atoms with van der Waals surface area (Å²) < 4.78 is 0. The van der Waals surface area contributed by atoms with Gasteiger partial charge in [0.15, 0.2) is 5.78 Å². The molecule has 1 aromatic rings. The molecule has 0 saturated carbocycles. The fourth-order valence-corrected chi connectivity index (χ4v) is 1.03. The number of benzene rings is 1. The predicted molar refractivity (Wildman–Crippen MR) is 50.4 cm³/mol. The molecule has 0 heterocycles. The van der Waals surface area contributed by atoms with Crippen molar-refractivity contribution < 1.29 is 10.0 Å². The number of Topliss-reactive ketones (excluding diaryl/α,β-unsaturated/α-hetero) is 1. The van der Waals surface area contributed by atoms with Gasteiger partial charge in [-0.3, -0.25) is 4.79 Å². The minimum Gasteiger partial charge on any atom is -0.411 e. The molecule has 0 aliphatic carbocycles. The highest BCUT2D eigenvalue weighted by Gasteiger charge is 2.00. The van der Waals surface area contributed by atoms with Gasteiger partial charge in [-0.05, 0) is 5.56 Å². The van der Waals surface area contributed by atoms with Gasteiger partial charge in [-0.25, -0.2) is 0 Å². The number of carbonyl (C=O) groups excluding carboxylic acids is 1. The summed E-state index contributed by atoms with van der Waals surface area (Å²) in [6, 6.07) is 6.93. The molecule has 0 unspecified atom stereocenters. The highest BCUT2D eigenvalue weighted by atomic mass is 16.4. The zero-order valence-electron chi connectivity index (χ0n) is 7.40. The molecule has 3 nitrogen and oxygen atoms in total. The third-order valence-electron chi connectivity index (χ3n) is 1.76. The van der Waals surface area contributed by atoms with Crippen molar-refractivity contribution in [1.82, 2.24) is 0 Å². The van der Waals surface area contributed by atoms with Crippen molar-refractivity contribution >= 4 is 12.0 Å². The molecule has 0 fully saturated rings. The molecular formula is C10H11NO2. The minimum absolute atomic E-state index is 0.118. The second-order valence-corrected chi connectivity index (χ2v) is 2.64. The van der Waals surface area contributed by atoms with Gasteiger partial charge >= 0.3 is 0 Å². The van der Waals surface area contributed by atoms with Gasteiger partial charge in [-0.15, -0.1) is 0 Å². The van der Waals surface area contributed by atoms with Crippen LogP contribution in [0.2, 0.25) is 0 Å². The van der Waals surface area contributed by atoms with E-state index < -0.39 is 0 Å². The van der Waals surface area contributed by atoms with Crippen LogP contribution in [0.3, 0.4) is 0 Å². The van der Waals surface area contributed by atoms with Crippen LogP contribution in [0.4, 0.5) is 0 Å². The Kier molecular flexibility index (Phi) is 3.20. The third-order valence-corrected chi connectivity index (χ3v) is 1.76. The standard InChI is InChI=1S/C10H11NO2/c1-2-10(12)9-5-3-8(4-6-9)7-11-13/h3-7,13H,2H2,1H3. The lowest BCUT2D eigenvalue weighted by Crippen LogP contribution is -1.96. The summed E-state index contributed by atoms with van der Waals surface area (Å²) in [6.07, 6.45) is 1.83. The lowest BCUT2D eigenvalue weighted by atomic mass is 10.1. The van der Waals surface area contributed by atoms with E-state index in [4.69, 9.17) is 5.21 Å². The monoisotopic (exact) mass is 177 g/mol. The summed E-state index contributed by atoms with van der Waals surface area (Å²) >= 11 is 0. The normalized spacial score (nSPS) is 10.5. The molecule has 1 aromatic carbocycles. The quantitative estimate of drug-likeness (QED) is 0.332. The molecule has 0 radical (unpaired) electrons. The Balaban J connectivity index is 2.87. The average Bonchev–Trinajstić information content (AvgIpc) is 2.18. The molecule has 0 aliphatic rings. The summed E-state index contributed by atoms with van der Waals surface area (Å²) in [5, 5.41) is 11.1. The van der Waals surface area contributed by atoms with Crippen LogP contribution in [0.1, 0.15) is 29.3 Å². The summed E-state index contributed by atoms with van der Waals surface area (Å²) in [7, 11) is 0. The number of hydrogen-bond donors (Lipinski definition) is 1. The predicted octanol–water partition coefficient (Wildman–Crippen LogP) is 2.09. The molecule has 0 atom stereocenters. The Hall–Kier alpha value is -1.64. The first-order chi connectivity index (χ1) is 6.27. The fraction of sp³-hybridized carbons (Fsp3) is 0.200. The Morgan fingerprint density at radius 1 is 1.46 bits per heavy atom. The van der Waals surface area contributed by atoms with Crippen LogP contribution in [0.25, 0.3) is 0 Å². The van der Waals surface area contributed by atoms with E-state index in [1.54, 1.807) is 24.3 Å². The highest BCUT2D eigenvalue weighted by Crippen LogP contribution is 2.05. The van der Waals surface area contributed by atoms with E-state index in [9.17, 15) is 4.79 Å². The van der Waals surface area contributed by atoms with Gasteiger partial charge in [0.25, 0.3) is 0 Å². The van der Waals surface area contributed by atoms with Crippen molar-refractivity contribution in [2.45, 2.75) is 13.3 Å². The molecule has 1 N–H and O–H groups in total. The van der Waals surface area contributed by atoms with Crippen LogP contribution in [-0.4, -0.2) is 17.2 Å². The summed E-state index contributed by atoms with van der Waals surface area (Å²) in [5.41, 5.74) is 1.47. The van der Waals surface area contributed by atoms with E-state index >= 15 is 0 Å². The van der Waals surface area contributed by atoms with E-state index in [0.717, 1.165) is 5.56 Å². The molecule has 0 saturated heterocycles. The van der Waals surface area contributed by atoms with Crippen molar-refractivity contribution in [3.63, 3.8) is 0 Å². The van der Waals surface area contributed by atoms with Crippen LogP contribution < -0.4 is 0 Å². The van der Waals surface area contributed by atoms with Gasteiger partial charge < -0.3 is 5.21 Å². The smallest absolute Gasteiger partial charge is 0.162 e. The first-order valence-corrected chi connectivity index (χ1v) is 4.08. The van der Waals surface area contributed by atoms with Crippen LogP contribution in [0, 0.1) is 0 Å². The molecule has 1 rings (SSSR count). The van der Waals surface area contributed by atoms with Crippen LogP contribution in [0.15, 0.2) is 29.4 Å². The fourth-order valence-electron chi connectivity index (χ4n) is 1.03. The SMILES string of the molecule is CCC(=O)c1ccc(C=NO)cc1. The molecule has 0 aliphatic heterocycles. The van der Waals surface area contributed by atoms with Crippen molar-refractivity contribution in [2.24, 2.45) is 5.16 Å². The zero-order chi connectivity index (χ0) is 9.68.